The molecular formula is C17H28Cl2N4O2. The smallest absolute Gasteiger partial charge is 0.242 e. The van der Waals surface area contributed by atoms with Crippen molar-refractivity contribution in [2.45, 2.75) is 25.9 Å². The van der Waals surface area contributed by atoms with E-state index in [2.05, 4.69) is 36.2 Å². The average Bonchev–Trinajstić information content (AvgIpc) is 2.54. The summed E-state index contributed by atoms with van der Waals surface area (Å²) in [6.45, 7) is 7.24. The van der Waals surface area contributed by atoms with Crippen LogP contribution in [0.3, 0.4) is 0 Å². The number of nitrogens with two attached hydrogens (primary N) is 1. The van der Waals surface area contributed by atoms with Crippen LogP contribution in [0.15, 0.2) is 30.3 Å². The summed E-state index contributed by atoms with van der Waals surface area (Å²) >= 11 is 0. The van der Waals surface area contributed by atoms with Crippen LogP contribution >= 0.6 is 24.8 Å². The van der Waals surface area contributed by atoms with Crippen LogP contribution in [0.5, 0.6) is 0 Å². The van der Waals surface area contributed by atoms with Gasteiger partial charge in [0.05, 0.1) is 13.1 Å². The second-order valence-corrected chi connectivity index (χ2v) is 6.52. The maximum atomic E-state index is 12.2. The van der Waals surface area contributed by atoms with Crippen LogP contribution in [0.2, 0.25) is 0 Å². The number of hydrogen-bond acceptors (Lipinski definition) is 4. The lowest BCUT2D eigenvalue weighted by molar-refractivity contribution is -0.137. The van der Waals surface area contributed by atoms with Gasteiger partial charge in [-0.15, -0.1) is 24.8 Å². The number of nitrogens with one attached hydrogen (secondary N) is 1. The quantitative estimate of drug-likeness (QED) is 0.786. The molecule has 0 bridgehead atoms. The topological polar surface area (TPSA) is 78.7 Å². The molecule has 1 aliphatic rings. The van der Waals surface area contributed by atoms with Gasteiger partial charge in [0, 0.05) is 31.7 Å². The van der Waals surface area contributed by atoms with Crippen LogP contribution in [0, 0.1) is 0 Å². The van der Waals surface area contributed by atoms with Gasteiger partial charge in [-0.2, -0.15) is 0 Å². The summed E-state index contributed by atoms with van der Waals surface area (Å²) in [5.74, 6) is -0.362. The average molecular weight is 391 g/mol. The number of rotatable bonds is 5. The van der Waals surface area contributed by atoms with Crippen molar-refractivity contribution in [1.82, 2.24) is 15.1 Å². The van der Waals surface area contributed by atoms with Gasteiger partial charge in [0.15, 0.2) is 0 Å². The van der Waals surface area contributed by atoms with Gasteiger partial charge < -0.3 is 16.0 Å². The van der Waals surface area contributed by atoms with Gasteiger partial charge in [0.25, 0.3) is 0 Å². The number of carbonyl (C=O) groups is 2. The molecule has 25 heavy (non-hydrogen) atoms. The Bertz CT molecular complexity index is 555. The van der Waals surface area contributed by atoms with E-state index in [0.717, 1.165) is 13.1 Å². The van der Waals surface area contributed by atoms with Crippen molar-refractivity contribution in [3.63, 3.8) is 0 Å². The number of nitrogens with zero attached hydrogens (tertiary/aromatic N) is 2. The van der Waals surface area contributed by atoms with E-state index in [9.17, 15) is 9.59 Å². The molecule has 0 aromatic heterocycles. The van der Waals surface area contributed by atoms with Crippen molar-refractivity contribution in [2.75, 3.05) is 32.7 Å². The fraction of sp³-hybridized carbons (Fsp3) is 0.529. The summed E-state index contributed by atoms with van der Waals surface area (Å²) in [5.41, 5.74) is 6.39. The molecule has 8 heteroatoms. The second-order valence-electron chi connectivity index (χ2n) is 6.52. The number of hydrogen-bond donors (Lipinski definition) is 2. The van der Waals surface area contributed by atoms with E-state index in [1.165, 1.54) is 5.56 Å². The molecule has 1 heterocycles. The third-order valence-corrected chi connectivity index (χ3v) is 4.26. The first-order chi connectivity index (χ1) is 10.9. The van der Waals surface area contributed by atoms with Crippen molar-refractivity contribution in [3.05, 3.63) is 35.9 Å². The second kappa shape index (κ2) is 10.6. The van der Waals surface area contributed by atoms with Crippen LogP contribution < -0.4 is 11.1 Å². The molecule has 0 unspecified atom stereocenters. The van der Waals surface area contributed by atoms with Crippen LogP contribution in [0.1, 0.15) is 19.4 Å². The van der Waals surface area contributed by atoms with Gasteiger partial charge in [-0.3, -0.25) is 14.5 Å². The van der Waals surface area contributed by atoms with E-state index in [1.807, 2.05) is 23.1 Å². The van der Waals surface area contributed by atoms with Crippen LogP contribution in [-0.4, -0.2) is 59.9 Å². The zero-order valence-corrected chi connectivity index (χ0v) is 16.4. The lowest BCUT2D eigenvalue weighted by Gasteiger charge is -2.47. The molecule has 1 aromatic rings. The molecule has 0 saturated carbocycles. The number of carbonyl (C=O) groups excluding carboxylic acids is 2. The fourth-order valence-corrected chi connectivity index (χ4v) is 2.86. The standard InChI is InChI=1S/C17H26N4O2.2ClH/c1-17(2)13-20(16(23)11-19-15(22)10-18)8-9-21(17)12-14-6-4-3-5-7-14;;/h3-7H,8-13,18H2,1-2H3,(H,19,22);2*1H. The third kappa shape index (κ3) is 6.82. The molecule has 6 nitrogen and oxygen atoms in total. The number of amides is 2. The molecular weight excluding hydrogens is 363 g/mol. The Morgan fingerprint density at radius 1 is 1.16 bits per heavy atom. The van der Waals surface area contributed by atoms with Gasteiger partial charge in [-0.05, 0) is 19.4 Å². The SMILES string of the molecule is CC1(C)CN(C(=O)CNC(=O)CN)CCN1Cc1ccccc1.Cl.Cl. The van der Waals surface area contributed by atoms with Crippen molar-refractivity contribution < 1.29 is 9.59 Å². The maximum Gasteiger partial charge on any atom is 0.242 e. The predicted octanol–water partition coefficient (Wildman–Crippen LogP) is 1.03. The highest BCUT2D eigenvalue weighted by Crippen LogP contribution is 2.23. The Balaban J connectivity index is 0.00000288. The Kier molecular flexibility index (Phi) is 10.0. The summed E-state index contributed by atoms with van der Waals surface area (Å²) in [5, 5.41) is 2.54. The van der Waals surface area contributed by atoms with Crippen molar-refractivity contribution >= 4 is 36.6 Å². The van der Waals surface area contributed by atoms with Crippen LogP contribution in [0.4, 0.5) is 0 Å². The monoisotopic (exact) mass is 390 g/mol. The summed E-state index contributed by atoms with van der Waals surface area (Å²) in [7, 11) is 0. The largest absolute Gasteiger partial charge is 0.346 e. The van der Waals surface area contributed by atoms with E-state index < -0.39 is 0 Å². The fourth-order valence-electron chi connectivity index (χ4n) is 2.86. The summed E-state index contributed by atoms with van der Waals surface area (Å²) in [4.78, 5) is 27.6. The molecule has 1 fully saturated rings. The van der Waals surface area contributed by atoms with Crippen LogP contribution in [0.25, 0.3) is 0 Å². The zero-order valence-electron chi connectivity index (χ0n) is 14.7. The highest BCUT2D eigenvalue weighted by molar-refractivity contribution is 5.86. The zero-order chi connectivity index (χ0) is 16.9. The highest BCUT2D eigenvalue weighted by Gasteiger charge is 2.35. The molecule has 0 radical (unpaired) electrons. The summed E-state index contributed by atoms with van der Waals surface area (Å²) in [6.07, 6.45) is 0. The lowest BCUT2D eigenvalue weighted by Crippen LogP contribution is -2.61. The minimum Gasteiger partial charge on any atom is -0.346 e. The first kappa shape index (κ1) is 23.7. The van der Waals surface area contributed by atoms with Gasteiger partial charge in [0.1, 0.15) is 0 Å². The number of benzene rings is 1. The van der Waals surface area contributed by atoms with Gasteiger partial charge >= 0.3 is 0 Å². The van der Waals surface area contributed by atoms with Gasteiger partial charge in [-0.1, -0.05) is 30.3 Å². The molecule has 2 rings (SSSR count). The molecule has 3 N–H and O–H groups in total. The first-order valence-electron chi connectivity index (χ1n) is 7.96. The molecule has 142 valence electrons. The normalized spacial score (nSPS) is 16.4. The highest BCUT2D eigenvalue weighted by atomic mass is 35.5. The summed E-state index contributed by atoms with van der Waals surface area (Å²) < 4.78 is 0. The molecule has 2 amide bonds. The van der Waals surface area contributed by atoms with Crippen LogP contribution in [-0.2, 0) is 16.1 Å². The maximum absolute atomic E-state index is 12.2. The van der Waals surface area contributed by atoms with Gasteiger partial charge in [-0.25, -0.2) is 0 Å². The Morgan fingerprint density at radius 2 is 1.80 bits per heavy atom. The van der Waals surface area contributed by atoms with E-state index >= 15 is 0 Å². The van der Waals surface area contributed by atoms with E-state index in [0.29, 0.717) is 13.1 Å². The molecule has 0 aliphatic carbocycles. The molecule has 0 spiro atoms. The third-order valence-electron chi connectivity index (χ3n) is 4.26. The minimum absolute atomic E-state index is 0. The molecule has 1 saturated heterocycles. The Morgan fingerprint density at radius 3 is 2.36 bits per heavy atom. The number of piperazine rings is 1. The first-order valence-corrected chi connectivity index (χ1v) is 7.96. The minimum atomic E-state index is -0.305. The van der Waals surface area contributed by atoms with E-state index in [1.54, 1.807) is 0 Å². The van der Waals surface area contributed by atoms with Crippen molar-refractivity contribution in [2.24, 2.45) is 5.73 Å². The van der Waals surface area contributed by atoms with E-state index in [4.69, 9.17) is 5.73 Å². The molecule has 1 aromatic carbocycles. The van der Waals surface area contributed by atoms with E-state index in [-0.39, 0.29) is 55.3 Å². The predicted molar refractivity (Wildman–Crippen MR) is 104 cm³/mol. The molecule has 0 atom stereocenters. The Labute approximate surface area is 161 Å². The lowest BCUT2D eigenvalue weighted by atomic mass is 9.97. The Hall–Kier alpha value is -1.34. The molecule has 1 aliphatic heterocycles. The van der Waals surface area contributed by atoms with Crippen molar-refractivity contribution in [1.29, 1.82) is 0 Å². The van der Waals surface area contributed by atoms with Gasteiger partial charge in [0.2, 0.25) is 11.8 Å². The number of halogens is 2. The van der Waals surface area contributed by atoms with Crippen molar-refractivity contribution in [3.8, 4) is 0 Å². The summed E-state index contributed by atoms with van der Waals surface area (Å²) in [6, 6.07) is 10.3.